The highest BCUT2D eigenvalue weighted by Gasteiger charge is 2.42. The number of aryl methyl sites for hydroxylation is 1. The van der Waals surface area contributed by atoms with Crippen LogP contribution >= 0.6 is 0 Å². The highest BCUT2D eigenvalue weighted by molar-refractivity contribution is 5.93. The summed E-state index contributed by atoms with van der Waals surface area (Å²) in [6, 6.07) is 18.9. The maximum Gasteiger partial charge on any atom is 0.425 e. The lowest BCUT2D eigenvalue weighted by atomic mass is 10.0. The third-order valence-electron chi connectivity index (χ3n) is 7.62. The summed E-state index contributed by atoms with van der Waals surface area (Å²) in [5.41, 5.74) is 2.60. The predicted molar refractivity (Wildman–Crippen MR) is 171 cm³/mol. The number of carbonyl (C=O) groups excluding carboxylic acids is 2. The van der Waals surface area contributed by atoms with Crippen LogP contribution in [0.15, 0.2) is 66.7 Å². The molecule has 0 fully saturated rings. The van der Waals surface area contributed by atoms with E-state index in [-0.39, 0.29) is 24.2 Å². The monoisotopic (exact) mass is 626 g/mol. The summed E-state index contributed by atoms with van der Waals surface area (Å²) in [7, 11) is 0. The van der Waals surface area contributed by atoms with Crippen molar-refractivity contribution in [2.75, 3.05) is 6.61 Å². The van der Waals surface area contributed by atoms with Crippen molar-refractivity contribution in [2.24, 2.45) is 0 Å². The molecular weight excluding hydrogens is 581 g/mol. The zero-order valence-corrected chi connectivity index (χ0v) is 26.6. The van der Waals surface area contributed by atoms with Crippen molar-refractivity contribution in [3.05, 3.63) is 83.4 Å². The first-order chi connectivity index (χ1) is 21.6. The van der Waals surface area contributed by atoms with Crippen LogP contribution in [0.4, 0.5) is 13.2 Å². The van der Waals surface area contributed by atoms with Crippen molar-refractivity contribution >= 4 is 11.9 Å². The van der Waals surface area contributed by atoms with Gasteiger partial charge in [0.1, 0.15) is 11.5 Å². The molecule has 0 aromatic heterocycles. The quantitative estimate of drug-likeness (QED) is 0.0799. The van der Waals surface area contributed by atoms with Gasteiger partial charge in [0.25, 0.3) is 0 Å². The van der Waals surface area contributed by atoms with Crippen LogP contribution in [0.3, 0.4) is 0 Å². The predicted octanol–water partition coefficient (Wildman–Crippen LogP) is 10.7. The topological polar surface area (TPSA) is 61.8 Å². The Morgan fingerprint density at radius 1 is 0.689 bits per heavy atom. The molecule has 0 aliphatic carbocycles. The molecule has 3 rings (SSSR count). The van der Waals surface area contributed by atoms with E-state index in [1.54, 1.807) is 26.0 Å². The van der Waals surface area contributed by atoms with Crippen molar-refractivity contribution in [1.82, 2.24) is 0 Å². The first kappa shape index (κ1) is 35.7. The lowest BCUT2D eigenvalue weighted by Crippen LogP contribution is -2.33. The van der Waals surface area contributed by atoms with Crippen molar-refractivity contribution < 1.29 is 37.0 Å². The summed E-state index contributed by atoms with van der Waals surface area (Å²) >= 11 is 0. The Bertz CT molecular complexity index is 1330. The number of benzene rings is 3. The van der Waals surface area contributed by atoms with E-state index in [9.17, 15) is 22.8 Å². The van der Waals surface area contributed by atoms with Gasteiger partial charge in [-0.1, -0.05) is 89.5 Å². The molecule has 0 aliphatic heterocycles. The first-order valence-electron chi connectivity index (χ1n) is 16.1. The molecule has 8 heteroatoms. The Morgan fingerprint density at radius 2 is 1.24 bits per heavy atom. The minimum atomic E-state index is -4.64. The maximum absolute atomic E-state index is 13.3. The zero-order chi connectivity index (χ0) is 32.7. The van der Waals surface area contributed by atoms with Crippen LogP contribution in [-0.2, 0) is 4.74 Å². The number of esters is 2. The fraction of sp³-hybridized carbons (Fsp3) is 0.459. The standard InChI is InChI=1S/C37H45F3O5/c1-4-6-8-9-10-11-12-13-25-43-32-22-19-29(20-23-32)28-15-17-30(18-16-28)35(41)44-33-24-21-31(26-27(33)3)36(42)45-34(14-7-5-2)37(38,39)40/h15-24,26,34H,4-14,25H2,1-3H3/t34-/m0/s1. The van der Waals surface area contributed by atoms with Crippen LogP contribution in [0.1, 0.15) is 111 Å². The molecule has 45 heavy (non-hydrogen) atoms. The highest BCUT2D eigenvalue weighted by atomic mass is 19.4. The fourth-order valence-corrected chi connectivity index (χ4v) is 4.89. The summed E-state index contributed by atoms with van der Waals surface area (Å²) in [5.74, 6) is -0.649. The Hall–Kier alpha value is -3.81. The Labute approximate surface area is 265 Å². The molecule has 0 unspecified atom stereocenters. The largest absolute Gasteiger partial charge is 0.494 e. The summed E-state index contributed by atoms with van der Waals surface area (Å²) in [6.07, 6.45) is 3.78. The van der Waals surface area contributed by atoms with E-state index in [0.717, 1.165) is 23.3 Å². The minimum Gasteiger partial charge on any atom is -0.494 e. The average molecular weight is 627 g/mol. The second-order valence-corrected chi connectivity index (χ2v) is 11.4. The van der Waals surface area contributed by atoms with E-state index >= 15 is 0 Å². The molecule has 1 atom stereocenters. The van der Waals surface area contributed by atoms with Gasteiger partial charge >= 0.3 is 18.1 Å². The number of rotatable bonds is 18. The molecule has 3 aromatic rings. The first-order valence-corrected chi connectivity index (χ1v) is 16.1. The van der Waals surface area contributed by atoms with Gasteiger partial charge in [-0.25, -0.2) is 9.59 Å². The third kappa shape index (κ3) is 11.9. The second-order valence-electron chi connectivity index (χ2n) is 11.4. The molecule has 0 radical (unpaired) electrons. The molecule has 0 heterocycles. The van der Waals surface area contributed by atoms with Crippen LogP contribution < -0.4 is 9.47 Å². The molecule has 0 bridgehead atoms. The van der Waals surface area contributed by atoms with Gasteiger partial charge in [0.2, 0.25) is 0 Å². The van der Waals surface area contributed by atoms with E-state index in [2.05, 4.69) is 6.92 Å². The lowest BCUT2D eigenvalue weighted by molar-refractivity contribution is -0.206. The fourth-order valence-electron chi connectivity index (χ4n) is 4.89. The summed E-state index contributed by atoms with van der Waals surface area (Å²) in [5, 5.41) is 0. The molecular formula is C37H45F3O5. The van der Waals surface area contributed by atoms with E-state index in [1.165, 1.54) is 63.1 Å². The zero-order valence-electron chi connectivity index (χ0n) is 26.6. The maximum atomic E-state index is 13.3. The van der Waals surface area contributed by atoms with Gasteiger partial charge in [-0.3, -0.25) is 0 Å². The number of alkyl halides is 3. The van der Waals surface area contributed by atoms with E-state index in [4.69, 9.17) is 14.2 Å². The van der Waals surface area contributed by atoms with Gasteiger partial charge in [-0.2, -0.15) is 13.2 Å². The number of hydrogen-bond donors (Lipinski definition) is 0. The van der Waals surface area contributed by atoms with Gasteiger partial charge in [-0.15, -0.1) is 0 Å². The van der Waals surface area contributed by atoms with Crippen molar-refractivity contribution in [3.63, 3.8) is 0 Å². The normalized spacial score (nSPS) is 12.0. The summed E-state index contributed by atoms with van der Waals surface area (Å²) < 4.78 is 56.0. The van der Waals surface area contributed by atoms with E-state index in [0.29, 0.717) is 24.2 Å². The molecule has 5 nitrogen and oxygen atoms in total. The smallest absolute Gasteiger partial charge is 0.425 e. The molecule has 0 amide bonds. The SMILES string of the molecule is CCCCCCCCCCOc1ccc(-c2ccc(C(=O)Oc3ccc(C(=O)O[C@@H](CCCC)C(F)(F)F)cc3C)cc2)cc1. The summed E-state index contributed by atoms with van der Waals surface area (Å²) in [4.78, 5) is 25.2. The lowest BCUT2D eigenvalue weighted by Gasteiger charge is -2.20. The highest BCUT2D eigenvalue weighted by Crippen LogP contribution is 2.29. The van der Waals surface area contributed by atoms with Gasteiger partial charge in [0, 0.05) is 0 Å². The Kier molecular flexibility index (Phi) is 14.4. The Balaban J connectivity index is 1.50. The molecule has 3 aromatic carbocycles. The molecule has 0 aliphatic rings. The van der Waals surface area contributed by atoms with Gasteiger partial charge in [0.15, 0.2) is 6.10 Å². The van der Waals surface area contributed by atoms with Crippen molar-refractivity contribution in [3.8, 4) is 22.6 Å². The van der Waals surface area contributed by atoms with Gasteiger partial charge in [0.05, 0.1) is 17.7 Å². The van der Waals surface area contributed by atoms with Crippen LogP contribution in [-0.4, -0.2) is 30.8 Å². The van der Waals surface area contributed by atoms with E-state index < -0.39 is 24.2 Å². The van der Waals surface area contributed by atoms with Crippen LogP contribution in [0.5, 0.6) is 11.5 Å². The summed E-state index contributed by atoms with van der Waals surface area (Å²) in [6.45, 7) is 6.30. The number of halogens is 3. The van der Waals surface area contributed by atoms with E-state index in [1.807, 2.05) is 36.4 Å². The molecule has 244 valence electrons. The van der Waals surface area contributed by atoms with Crippen molar-refractivity contribution in [1.29, 1.82) is 0 Å². The average Bonchev–Trinajstić information content (AvgIpc) is 3.03. The van der Waals surface area contributed by atoms with Crippen LogP contribution in [0.2, 0.25) is 0 Å². The van der Waals surface area contributed by atoms with Crippen molar-refractivity contribution in [2.45, 2.75) is 104 Å². The third-order valence-corrected chi connectivity index (χ3v) is 7.62. The molecule has 0 saturated heterocycles. The number of carbonyl (C=O) groups is 2. The number of unbranched alkanes of at least 4 members (excludes halogenated alkanes) is 8. The van der Waals surface area contributed by atoms with Gasteiger partial charge < -0.3 is 14.2 Å². The molecule has 0 N–H and O–H groups in total. The number of ether oxygens (including phenoxy) is 3. The van der Waals surface area contributed by atoms with Gasteiger partial charge in [-0.05, 0) is 85.3 Å². The van der Waals surface area contributed by atoms with Crippen LogP contribution in [0, 0.1) is 6.92 Å². The second kappa shape index (κ2) is 18.2. The molecule has 0 saturated carbocycles. The number of hydrogen-bond acceptors (Lipinski definition) is 5. The van der Waals surface area contributed by atoms with Crippen LogP contribution in [0.25, 0.3) is 11.1 Å². The minimum absolute atomic E-state index is 0.0491. The molecule has 0 spiro atoms. The Morgan fingerprint density at radius 3 is 1.82 bits per heavy atom.